The molecule has 62 valence electrons. The number of nitrogens with one attached hydrogen (secondary N) is 1. The van der Waals surface area contributed by atoms with Crippen LogP contribution in [0.4, 0.5) is 0 Å². The SMILES string of the molecule is Brc1ccccn1.c1cc[nH]c1. The molecule has 12 heavy (non-hydrogen) atoms. The molecule has 2 heterocycles. The lowest BCUT2D eigenvalue weighted by Gasteiger charge is -1.80. The van der Waals surface area contributed by atoms with Crippen molar-refractivity contribution in [1.82, 2.24) is 9.97 Å². The van der Waals surface area contributed by atoms with Crippen molar-refractivity contribution in [3.05, 3.63) is 53.5 Å². The zero-order valence-electron chi connectivity index (χ0n) is 6.44. The number of H-pyrrole nitrogens is 1. The van der Waals surface area contributed by atoms with Crippen molar-refractivity contribution in [2.75, 3.05) is 0 Å². The summed E-state index contributed by atoms with van der Waals surface area (Å²) in [6.45, 7) is 0. The fraction of sp³-hybridized carbons (Fsp3) is 0. The maximum Gasteiger partial charge on any atom is 0.106 e. The van der Waals surface area contributed by atoms with E-state index in [4.69, 9.17) is 0 Å². The van der Waals surface area contributed by atoms with E-state index in [0.29, 0.717) is 0 Å². The molecule has 0 radical (unpaired) electrons. The Hall–Kier alpha value is -1.09. The van der Waals surface area contributed by atoms with Gasteiger partial charge in [-0.1, -0.05) is 6.07 Å². The van der Waals surface area contributed by atoms with E-state index in [0.717, 1.165) is 4.60 Å². The Morgan fingerprint density at radius 1 is 1.08 bits per heavy atom. The van der Waals surface area contributed by atoms with Crippen LogP contribution in [0.3, 0.4) is 0 Å². The fourth-order valence-electron chi connectivity index (χ4n) is 0.620. The van der Waals surface area contributed by atoms with Crippen molar-refractivity contribution in [3.8, 4) is 0 Å². The third-order valence-corrected chi connectivity index (χ3v) is 1.59. The number of rotatable bonds is 0. The minimum Gasteiger partial charge on any atom is -0.368 e. The Bertz CT molecular complexity index is 261. The molecule has 0 bridgehead atoms. The van der Waals surface area contributed by atoms with Crippen LogP contribution in [0, 0.1) is 0 Å². The van der Waals surface area contributed by atoms with E-state index < -0.39 is 0 Å². The molecule has 1 N–H and O–H groups in total. The first-order valence-electron chi connectivity index (χ1n) is 3.54. The van der Waals surface area contributed by atoms with Crippen molar-refractivity contribution in [2.45, 2.75) is 0 Å². The lowest BCUT2D eigenvalue weighted by molar-refractivity contribution is 1.28. The highest BCUT2D eigenvalue weighted by atomic mass is 79.9. The van der Waals surface area contributed by atoms with Gasteiger partial charge in [0.2, 0.25) is 0 Å². The molecule has 0 spiro atoms. The number of aromatic nitrogens is 2. The lowest BCUT2D eigenvalue weighted by atomic mass is 10.5. The summed E-state index contributed by atoms with van der Waals surface area (Å²) in [6.07, 6.45) is 5.49. The molecule has 0 aliphatic heterocycles. The molecule has 0 saturated carbocycles. The predicted octanol–water partition coefficient (Wildman–Crippen LogP) is 2.86. The first kappa shape index (κ1) is 9.00. The van der Waals surface area contributed by atoms with Crippen LogP contribution in [0.25, 0.3) is 0 Å². The minimum absolute atomic E-state index is 0.884. The first-order valence-corrected chi connectivity index (χ1v) is 4.33. The number of aromatic amines is 1. The second-order valence-electron chi connectivity index (χ2n) is 2.04. The second kappa shape index (κ2) is 5.55. The van der Waals surface area contributed by atoms with Gasteiger partial charge >= 0.3 is 0 Å². The molecule has 0 fully saturated rings. The van der Waals surface area contributed by atoms with Gasteiger partial charge in [-0.25, -0.2) is 4.98 Å². The predicted molar refractivity (Wildman–Crippen MR) is 52.7 cm³/mol. The highest BCUT2D eigenvalue weighted by molar-refractivity contribution is 9.10. The third kappa shape index (κ3) is 3.93. The summed E-state index contributed by atoms with van der Waals surface area (Å²) in [5, 5.41) is 0. The van der Waals surface area contributed by atoms with Crippen molar-refractivity contribution in [1.29, 1.82) is 0 Å². The molecule has 2 aromatic rings. The largest absolute Gasteiger partial charge is 0.368 e. The highest BCUT2D eigenvalue weighted by Gasteiger charge is 1.75. The molecule has 0 aliphatic rings. The Morgan fingerprint density at radius 2 is 1.83 bits per heavy atom. The molecule has 0 amide bonds. The normalized spacial score (nSPS) is 8.42. The molecule has 2 nitrogen and oxygen atoms in total. The van der Waals surface area contributed by atoms with E-state index in [-0.39, 0.29) is 0 Å². The van der Waals surface area contributed by atoms with Gasteiger partial charge in [-0.15, -0.1) is 0 Å². The molecule has 3 heteroatoms. The van der Waals surface area contributed by atoms with Gasteiger partial charge in [0.05, 0.1) is 0 Å². The minimum atomic E-state index is 0.884. The summed E-state index contributed by atoms with van der Waals surface area (Å²) in [7, 11) is 0. The van der Waals surface area contributed by atoms with Gasteiger partial charge in [-0.3, -0.25) is 0 Å². The van der Waals surface area contributed by atoms with Crippen LogP contribution < -0.4 is 0 Å². The maximum absolute atomic E-state index is 3.90. The van der Waals surface area contributed by atoms with Gasteiger partial charge in [0.15, 0.2) is 0 Å². The Labute approximate surface area is 79.8 Å². The monoisotopic (exact) mass is 224 g/mol. The van der Waals surface area contributed by atoms with Crippen LogP contribution in [0.5, 0.6) is 0 Å². The van der Waals surface area contributed by atoms with Crippen molar-refractivity contribution < 1.29 is 0 Å². The summed E-state index contributed by atoms with van der Waals surface area (Å²) in [5.74, 6) is 0. The standard InChI is InChI=1S/C5H4BrN.C4H5N/c6-5-3-1-2-4-7-5;1-2-4-5-3-1/h1-4H;1-5H. The topological polar surface area (TPSA) is 28.7 Å². The van der Waals surface area contributed by atoms with Gasteiger partial charge in [-0.05, 0) is 40.2 Å². The molecule has 0 aliphatic carbocycles. The fourth-order valence-corrected chi connectivity index (χ4v) is 0.891. The molecule has 0 atom stereocenters. The Morgan fingerprint density at radius 3 is 2.08 bits per heavy atom. The molecule has 0 unspecified atom stereocenters. The Balaban J connectivity index is 0.000000127. The summed E-state index contributed by atoms with van der Waals surface area (Å²) in [4.78, 5) is 6.76. The average molecular weight is 225 g/mol. The van der Waals surface area contributed by atoms with E-state index in [1.807, 2.05) is 42.7 Å². The van der Waals surface area contributed by atoms with Crippen LogP contribution in [0.2, 0.25) is 0 Å². The van der Waals surface area contributed by atoms with Gasteiger partial charge in [-0.2, -0.15) is 0 Å². The smallest absolute Gasteiger partial charge is 0.106 e. The molecular weight excluding hydrogens is 216 g/mol. The summed E-state index contributed by atoms with van der Waals surface area (Å²) in [5.41, 5.74) is 0. The van der Waals surface area contributed by atoms with E-state index >= 15 is 0 Å². The van der Waals surface area contributed by atoms with Crippen LogP contribution in [-0.2, 0) is 0 Å². The number of pyridine rings is 1. The van der Waals surface area contributed by atoms with Crippen molar-refractivity contribution >= 4 is 15.9 Å². The summed E-state index contributed by atoms with van der Waals surface area (Å²) in [6, 6.07) is 9.59. The molecule has 2 aromatic heterocycles. The molecular formula is C9H9BrN2. The highest BCUT2D eigenvalue weighted by Crippen LogP contribution is 2.00. The van der Waals surface area contributed by atoms with Crippen LogP contribution in [0.15, 0.2) is 53.5 Å². The summed E-state index contributed by atoms with van der Waals surface area (Å²) >= 11 is 3.20. The molecule has 0 saturated heterocycles. The number of halogens is 1. The van der Waals surface area contributed by atoms with Gasteiger partial charge in [0.25, 0.3) is 0 Å². The van der Waals surface area contributed by atoms with Gasteiger partial charge in [0, 0.05) is 18.6 Å². The first-order chi connectivity index (χ1) is 5.89. The number of hydrogen-bond acceptors (Lipinski definition) is 1. The molecule has 0 aromatic carbocycles. The van der Waals surface area contributed by atoms with E-state index in [1.165, 1.54) is 0 Å². The van der Waals surface area contributed by atoms with Crippen molar-refractivity contribution in [2.24, 2.45) is 0 Å². The van der Waals surface area contributed by atoms with E-state index in [1.54, 1.807) is 6.20 Å². The zero-order valence-corrected chi connectivity index (χ0v) is 8.03. The van der Waals surface area contributed by atoms with E-state index in [2.05, 4.69) is 25.9 Å². The third-order valence-electron chi connectivity index (χ3n) is 1.12. The van der Waals surface area contributed by atoms with Gasteiger partial charge < -0.3 is 4.98 Å². The van der Waals surface area contributed by atoms with E-state index in [9.17, 15) is 0 Å². The summed E-state index contributed by atoms with van der Waals surface area (Å²) < 4.78 is 0.884. The lowest BCUT2D eigenvalue weighted by Crippen LogP contribution is -1.66. The quantitative estimate of drug-likeness (QED) is 0.686. The van der Waals surface area contributed by atoms with Crippen molar-refractivity contribution in [3.63, 3.8) is 0 Å². The molecule has 2 rings (SSSR count). The van der Waals surface area contributed by atoms with Gasteiger partial charge in [0.1, 0.15) is 4.60 Å². The maximum atomic E-state index is 3.90. The Kier molecular flexibility index (Phi) is 4.16. The van der Waals surface area contributed by atoms with Crippen LogP contribution in [0.1, 0.15) is 0 Å². The average Bonchev–Trinajstić information content (AvgIpc) is 2.62. The second-order valence-corrected chi connectivity index (χ2v) is 2.85. The van der Waals surface area contributed by atoms with Crippen LogP contribution in [-0.4, -0.2) is 9.97 Å². The zero-order chi connectivity index (χ0) is 8.65. The van der Waals surface area contributed by atoms with Crippen LogP contribution >= 0.6 is 15.9 Å². The number of nitrogens with zero attached hydrogens (tertiary/aromatic N) is 1. The number of hydrogen-bond donors (Lipinski definition) is 1.